The number of nitrogens with zero attached hydrogens (tertiary/aromatic N) is 1. The molecule has 0 aliphatic heterocycles. The molecular weight excluding hydrogens is 226 g/mol. The zero-order valence-corrected chi connectivity index (χ0v) is 11.8. The van der Waals surface area contributed by atoms with Crippen molar-refractivity contribution < 1.29 is 9.90 Å². The van der Waals surface area contributed by atoms with Gasteiger partial charge in [0.15, 0.2) is 0 Å². The summed E-state index contributed by atoms with van der Waals surface area (Å²) in [5.41, 5.74) is -0.431. The van der Waals surface area contributed by atoms with E-state index < -0.39 is 11.4 Å². The Kier molecular flexibility index (Phi) is 4.31. The molecule has 0 spiro atoms. The fourth-order valence-corrected chi connectivity index (χ4v) is 3.13. The van der Waals surface area contributed by atoms with E-state index >= 15 is 0 Å². The maximum atomic E-state index is 11.6. The van der Waals surface area contributed by atoms with Gasteiger partial charge < -0.3 is 5.11 Å². The van der Waals surface area contributed by atoms with Crippen LogP contribution in [0.3, 0.4) is 0 Å². The van der Waals surface area contributed by atoms with Crippen LogP contribution in [0.25, 0.3) is 0 Å². The van der Waals surface area contributed by atoms with Crippen LogP contribution in [0.2, 0.25) is 0 Å². The summed E-state index contributed by atoms with van der Waals surface area (Å²) in [4.78, 5) is 14.1. The first kappa shape index (κ1) is 13.9. The molecule has 3 nitrogen and oxygen atoms in total. The molecule has 2 fully saturated rings. The number of rotatable bonds is 7. The molecule has 2 rings (SSSR count). The van der Waals surface area contributed by atoms with Crippen LogP contribution in [0.15, 0.2) is 0 Å². The highest BCUT2D eigenvalue weighted by atomic mass is 16.4. The lowest BCUT2D eigenvalue weighted by atomic mass is 9.85. The molecule has 0 aromatic rings. The quantitative estimate of drug-likeness (QED) is 0.757. The van der Waals surface area contributed by atoms with Gasteiger partial charge in [0.25, 0.3) is 0 Å². The molecule has 0 bridgehead atoms. The average Bonchev–Trinajstić information content (AvgIpc) is 3.04. The molecule has 3 heteroatoms. The van der Waals surface area contributed by atoms with E-state index in [1.807, 2.05) is 0 Å². The van der Waals surface area contributed by atoms with E-state index in [0.717, 1.165) is 38.8 Å². The Morgan fingerprint density at radius 3 is 2.39 bits per heavy atom. The molecular formula is C15H27NO2. The van der Waals surface area contributed by atoms with E-state index in [1.165, 1.54) is 19.3 Å². The Morgan fingerprint density at radius 2 is 1.94 bits per heavy atom. The van der Waals surface area contributed by atoms with Crippen molar-refractivity contribution in [3.8, 4) is 0 Å². The summed E-state index contributed by atoms with van der Waals surface area (Å²) in [5, 5.41) is 9.57. The van der Waals surface area contributed by atoms with Gasteiger partial charge in [0, 0.05) is 12.6 Å². The van der Waals surface area contributed by atoms with Crippen LogP contribution >= 0.6 is 0 Å². The zero-order valence-electron chi connectivity index (χ0n) is 11.8. The minimum atomic E-state index is -0.560. The van der Waals surface area contributed by atoms with Gasteiger partial charge in [-0.1, -0.05) is 26.7 Å². The second-order valence-corrected chi connectivity index (χ2v) is 6.68. The van der Waals surface area contributed by atoms with Crippen molar-refractivity contribution in [2.75, 3.05) is 13.1 Å². The van der Waals surface area contributed by atoms with Crippen molar-refractivity contribution in [2.24, 2.45) is 11.3 Å². The summed E-state index contributed by atoms with van der Waals surface area (Å²) in [7, 11) is 0. The number of aliphatic carboxylic acids is 1. The summed E-state index contributed by atoms with van der Waals surface area (Å²) < 4.78 is 0. The molecule has 0 aromatic heterocycles. The lowest BCUT2D eigenvalue weighted by molar-refractivity contribution is -0.150. The van der Waals surface area contributed by atoms with E-state index in [2.05, 4.69) is 18.7 Å². The van der Waals surface area contributed by atoms with Gasteiger partial charge in [0.05, 0.1) is 5.41 Å². The second kappa shape index (κ2) is 5.60. The van der Waals surface area contributed by atoms with E-state index in [1.54, 1.807) is 0 Å². The van der Waals surface area contributed by atoms with Crippen LogP contribution in [0.1, 0.15) is 58.8 Å². The van der Waals surface area contributed by atoms with Crippen molar-refractivity contribution in [1.82, 2.24) is 4.90 Å². The van der Waals surface area contributed by atoms with Gasteiger partial charge in [-0.3, -0.25) is 9.69 Å². The third kappa shape index (κ3) is 3.25. The predicted octanol–water partition coefficient (Wildman–Crippen LogP) is 3.14. The molecule has 0 amide bonds. The molecule has 2 aliphatic carbocycles. The number of carboxylic acid groups (broad SMARTS) is 1. The van der Waals surface area contributed by atoms with Crippen molar-refractivity contribution in [3.05, 3.63) is 0 Å². The number of carboxylic acids is 1. The molecule has 0 atom stereocenters. The van der Waals surface area contributed by atoms with Crippen LogP contribution in [-0.2, 0) is 4.79 Å². The Morgan fingerprint density at radius 1 is 1.33 bits per heavy atom. The van der Waals surface area contributed by atoms with Crippen LogP contribution in [-0.4, -0.2) is 35.1 Å². The van der Waals surface area contributed by atoms with Crippen molar-refractivity contribution in [3.63, 3.8) is 0 Å². The molecule has 104 valence electrons. The van der Waals surface area contributed by atoms with Gasteiger partial charge in [0.2, 0.25) is 0 Å². The molecule has 2 aliphatic rings. The third-order valence-corrected chi connectivity index (χ3v) is 4.58. The van der Waals surface area contributed by atoms with Crippen LogP contribution in [0, 0.1) is 11.3 Å². The number of carbonyl (C=O) groups is 1. The van der Waals surface area contributed by atoms with Crippen LogP contribution in [0.4, 0.5) is 0 Å². The van der Waals surface area contributed by atoms with Crippen LogP contribution < -0.4 is 0 Å². The number of hydrogen-bond donors (Lipinski definition) is 1. The highest BCUT2D eigenvalue weighted by Crippen LogP contribution is 2.41. The van der Waals surface area contributed by atoms with Crippen molar-refractivity contribution in [2.45, 2.75) is 64.8 Å². The first-order valence-corrected chi connectivity index (χ1v) is 7.51. The topological polar surface area (TPSA) is 40.5 Å². The molecule has 18 heavy (non-hydrogen) atoms. The molecule has 2 saturated carbocycles. The Balaban J connectivity index is 1.96. The summed E-state index contributed by atoms with van der Waals surface area (Å²) in [6.45, 7) is 6.36. The molecule has 0 radical (unpaired) electrons. The first-order valence-electron chi connectivity index (χ1n) is 7.51. The van der Waals surface area contributed by atoms with Gasteiger partial charge in [-0.15, -0.1) is 0 Å². The number of hydrogen-bond acceptors (Lipinski definition) is 2. The molecule has 0 saturated heterocycles. The van der Waals surface area contributed by atoms with E-state index in [9.17, 15) is 9.90 Å². The van der Waals surface area contributed by atoms with Gasteiger partial charge in [-0.2, -0.15) is 0 Å². The minimum absolute atomic E-state index is 0.431. The molecule has 1 N–H and O–H groups in total. The van der Waals surface area contributed by atoms with E-state index in [-0.39, 0.29) is 0 Å². The van der Waals surface area contributed by atoms with E-state index in [4.69, 9.17) is 0 Å². The standard InChI is InChI=1S/C15H27NO2/c1-12(2)7-10-16(13-5-6-13)11-15(14(17)18)8-3-4-9-15/h12-13H,3-11H2,1-2H3,(H,17,18). The minimum Gasteiger partial charge on any atom is -0.481 e. The highest BCUT2D eigenvalue weighted by molar-refractivity contribution is 5.75. The fraction of sp³-hybridized carbons (Fsp3) is 0.933. The largest absolute Gasteiger partial charge is 0.481 e. The normalized spacial score (nSPS) is 22.9. The zero-order chi connectivity index (χ0) is 13.2. The van der Waals surface area contributed by atoms with Gasteiger partial charge in [-0.05, 0) is 44.6 Å². The maximum absolute atomic E-state index is 11.6. The predicted molar refractivity (Wildman–Crippen MR) is 72.6 cm³/mol. The van der Waals surface area contributed by atoms with Gasteiger partial charge in [0.1, 0.15) is 0 Å². The van der Waals surface area contributed by atoms with Crippen LogP contribution in [0.5, 0.6) is 0 Å². The van der Waals surface area contributed by atoms with Crippen molar-refractivity contribution in [1.29, 1.82) is 0 Å². The first-order chi connectivity index (χ1) is 8.53. The average molecular weight is 253 g/mol. The molecule has 0 heterocycles. The summed E-state index contributed by atoms with van der Waals surface area (Å²) in [6.07, 6.45) is 7.68. The SMILES string of the molecule is CC(C)CCN(CC1(C(=O)O)CCCC1)C1CC1. The third-order valence-electron chi connectivity index (χ3n) is 4.58. The summed E-state index contributed by atoms with van der Waals surface area (Å²) >= 11 is 0. The lowest BCUT2D eigenvalue weighted by Gasteiger charge is -2.32. The molecule has 0 unspecified atom stereocenters. The van der Waals surface area contributed by atoms with Gasteiger partial charge >= 0.3 is 5.97 Å². The lowest BCUT2D eigenvalue weighted by Crippen LogP contribution is -2.43. The Labute approximate surface area is 111 Å². The van der Waals surface area contributed by atoms with Crippen molar-refractivity contribution >= 4 is 5.97 Å². The summed E-state index contributed by atoms with van der Waals surface area (Å²) in [6, 6.07) is 0.681. The Hall–Kier alpha value is -0.570. The highest BCUT2D eigenvalue weighted by Gasteiger charge is 2.44. The maximum Gasteiger partial charge on any atom is 0.310 e. The Bertz CT molecular complexity index is 291. The fourth-order valence-electron chi connectivity index (χ4n) is 3.13. The molecule has 0 aromatic carbocycles. The van der Waals surface area contributed by atoms with Gasteiger partial charge in [-0.25, -0.2) is 0 Å². The smallest absolute Gasteiger partial charge is 0.310 e. The summed E-state index contributed by atoms with van der Waals surface area (Å²) in [5.74, 6) is 0.144. The second-order valence-electron chi connectivity index (χ2n) is 6.68. The van der Waals surface area contributed by atoms with E-state index in [0.29, 0.717) is 12.0 Å². The monoisotopic (exact) mass is 253 g/mol.